The van der Waals surface area contributed by atoms with Crippen molar-refractivity contribution in [3.05, 3.63) is 46.0 Å². The molecule has 17 heavy (non-hydrogen) atoms. The molecule has 5 nitrogen and oxygen atoms in total. The maximum atomic E-state index is 11.8. The van der Waals surface area contributed by atoms with Crippen molar-refractivity contribution in [2.75, 3.05) is 0 Å². The Hall–Kier alpha value is -2.17. The molecule has 0 saturated carbocycles. The number of carbonyl (C=O) groups excluding carboxylic acids is 1. The second kappa shape index (κ2) is 4.37. The van der Waals surface area contributed by atoms with E-state index in [2.05, 4.69) is 4.98 Å². The summed E-state index contributed by atoms with van der Waals surface area (Å²) in [5.74, 6) is -0.392. The number of aromatic nitrogens is 2. The third-order valence-electron chi connectivity index (χ3n) is 2.36. The van der Waals surface area contributed by atoms with Crippen molar-refractivity contribution < 1.29 is 9.53 Å². The molecule has 0 atom stereocenters. The van der Waals surface area contributed by atoms with Gasteiger partial charge in [0, 0.05) is 18.7 Å². The Bertz CT molecular complexity index is 631. The van der Waals surface area contributed by atoms with Gasteiger partial charge in [-0.1, -0.05) is 6.07 Å². The van der Waals surface area contributed by atoms with Crippen LogP contribution in [0.2, 0.25) is 0 Å². The third kappa shape index (κ3) is 2.33. The van der Waals surface area contributed by atoms with Crippen LogP contribution < -0.4 is 5.56 Å². The number of nitrogens with zero attached hydrogens (tertiary/aromatic N) is 2. The molecule has 0 saturated heterocycles. The number of pyridine rings is 1. The highest BCUT2D eigenvalue weighted by atomic mass is 16.5. The Morgan fingerprint density at radius 2 is 2.24 bits per heavy atom. The van der Waals surface area contributed by atoms with E-state index in [-0.39, 0.29) is 12.2 Å². The molecule has 0 fully saturated rings. The molecule has 2 aromatic rings. The van der Waals surface area contributed by atoms with Crippen molar-refractivity contribution >= 4 is 11.6 Å². The lowest BCUT2D eigenvalue weighted by atomic mass is 10.3. The number of rotatable bonds is 2. The molecule has 0 radical (unpaired) electrons. The first-order valence-electron chi connectivity index (χ1n) is 5.19. The fourth-order valence-corrected chi connectivity index (χ4v) is 1.61. The van der Waals surface area contributed by atoms with E-state index in [0.717, 1.165) is 5.69 Å². The standard InChI is InChI=1S/C12H12N2O3/c1-8-4-3-5-11-13-10(7-17-9(2)15)6-12(16)14(8)11/h3-6H,7H2,1-2H3. The normalized spacial score (nSPS) is 10.5. The Morgan fingerprint density at radius 3 is 2.94 bits per heavy atom. The number of fused-ring (bicyclic) bond motifs is 1. The summed E-state index contributed by atoms with van der Waals surface area (Å²) in [5.41, 5.74) is 1.66. The van der Waals surface area contributed by atoms with Gasteiger partial charge in [-0.3, -0.25) is 14.0 Å². The minimum Gasteiger partial charge on any atom is -0.459 e. The first-order valence-corrected chi connectivity index (χ1v) is 5.19. The fraction of sp³-hybridized carbons (Fsp3) is 0.250. The van der Waals surface area contributed by atoms with Crippen LogP contribution in [0.15, 0.2) is 29.1 Å². The summed E-state index contributed by atoms with van der Waals surface area (Å²) in [4.78, 5) is 26.8. The molecule has 0 aromatic carbocycles. The van der Waals surface area contributed by atoms with Gasteiger partial charge in [-0.2, -0.15) is 0 Å². The van der Waals surface area contributed by atoms with E-state index in [1.165, 1.54) is 17.4 Å². The van der Waals surface area contributed by atoms with Gasteiger partial charge in [0.1, 0.15) is 12.3 Å². The summed E-state index contributed by atoms with van der Waals surface area (Å²) >= 11 is 0. The van der Waals surface area contributed by atoms with Gasteiger partial charge in [-0.05, 0) is 19.1 Å². The molecular weight excluding hydrogens is 220 g/mol. The lowest BCUT2D eigenvalue weighted by molar-refractivity contribution is -0.142. The molecule has 2 aromatic heterocycles. The number of hydrogen-bond acceptors (Lipinski definition) is 4. The highest BCUT2D eigenvalue weighted by Crippen LogP contribution is 2.03. The number of esters is 1. The summed E-state index contributed by atoms with van der Waals surface area (Å²) in [6.45, 7) is 3.18. The topological polar surface area (TPSA) is 60.7 Å². The third-order valence-corrected chi connectivity index (χ3v) is 2.36. The Balaban J connectivity index is 2.49. The lowest BCUT2D eigenvalue weighted by Crippen LogP contribution is -2.18. The van der Waals surface area contributed by atoms with Gasteiger partial charge in [0.2, 0.25) is 0 Å². The molecule has 2 rings (SSSR count). The molecule has 0 aliphatic heterocycles. The molecule has 88 valence electrons. The van der Waals surface area contributed by atoms with Crippen molar-refractivity contribution in [1.29, 1.82) is 0 Å². The molecule has 0 aliphatic carbocycles. The molecule has 0 aliphatic rings. The van der Waals surface area contributed by atoms with E-state index >= 15 is 0 Å². The van der Waals surface area contributed by atoms with Crippen LogP contribution in [0.5, 0.6) is 0 Å². The predicted octanol–water partition coefficient (Wildman–Crippen LogP) is 1.07. The van der Waals surface area contributed by atoms with Crippen LogP contribution in [0, 0.1) is 6.92 Å². The van der Waals surface area contributed by atoms with Crippen LogP contribution >= 0.6 is 0 Å². The minimum absolute atomic E-state index is 0.0228. The summed E-state index contributed by atoms with van der Waals surface area (Å²) < 4.78 is 6.32. The molecule has 2 heterocycles. The van der Waals surface area contributed by atoms with Gasteiger partial charge in [0.25, 0.3) is 5.56 Å². The number of ether oxygens (including phenoxy) is 1. The van der Waals surface area contributed by atoms with Crippen LogP contribution in [0.25, 0.3) is 5.65 Å². The fourth-order valence-electron chi connectivity index (χ4n) is 1.61. The highest BCUT2D eigenvalue weighted by molar-refractivity contribution is 5.65. The van der Waals surface area contributed by atoms with Crippen LogP contribution in [0.4, 0.5) is 0 Å². The number of carbonyl (C=O) groups is 1. The molecule has 0 N–H and O–H groups in total. The van der Waals surface area contributed by atoms with E-state index in [4.69, 9.17) is 4.74 Å². The SMILES string of the molecule is CC(=O)OCc1cc(=O)n2c(C)cccc2n1. The Kier molecular flexibility index (Phi) is 2.91. The van der Waals surface area contributed by atoms with E-state index in [0.29, 0.717) is 11.3 Å². The zero-order chi connectivity index (χ0) is 12.4. The van der Waals surface area contributed by atoms with Gasteiger partial charge < -0.3 is 4.74 Å². The lowest BCUT2D eigenvalue weighted by Gasteiger charge is -2.06. The summed E-state index contributed by atoms with van der Waals surface area (Å²) in [5, 5.41) is 0. The Labute approximate surface area is 97.7 Å². The predicted molar refractivity (Wildman–Crippen MR) is 61.7 cm³/mol. The molecule has 0 unspecified atom stereocenters. The molecule has 5 heteroatoms. The summed E-state index contributed by atoms with van der Waals surface area (Å²) in [6, 6.07) is 6.78. The van der Waals surface area contributed by atoms with Crippen LogP contribution in [0.1, 0.15) is 18.3 Å². The number of aryl methyl sites for hydroxylation is 1. The highest BCUT2D eigenvalue weighted by Gasteiger charge is 2.05. The van der Waals surface area contributed by atoms with Crippen LogP contribution in [-0.2, 0) is 16.1 Å². The van der Waals surface area contributed by atoms with Gasteiger partial charge >= 0.3 is 5.97 Å². The number of hydrogen-bond donors (Lipinski definition) is 0. The van der Waals surface area contributed by atoms with E-state index in [1.54, 1.807) is 6.07 Å². The maximum absolute atomic E-state index is 11.8. The van der Waals surface area contributed by atoms with Crippen LogP contribution in [0.3, 0.4) is 0 Å². The zero-order valence-corrected chi connectivity index (χ0v) is 9.64. The summed E-state index contributed by atoms with van der Waals surface area (Å²) in [6.07, 6.45) is 0. The van der Waals surface area contributed by atoms with E-state index < -0.39 is 5.97 Å². The average Bonchev–Trinajstić information content (AvgIpc) is 2.26. The maximum Gasteiger partial charge on any atom is 0.303 e. The molecule has 0 amide bonds. The molecule has 0 bridgehead atoms. The van der Waals surface area contributed by atoms with Gasteiger partial charge in [0.15, 0.2) is 0 Å². The van der Waals surface area contributed by atoms with Crippen molar-refractivity contribution in [1.82, 2.24) is 9.38 Å². The monoisotopic (exact) mass is 232 g/mol. The second-order valence-electron chi connectivity index (χ2n) is 3.73. The van der Waals surface area contributed by atoms with Gasteiger partial charge in [0.05, 0.1) is 5.69 Å². The molecule has 0 spiro atoms. The summed E-state index contributed by atoms with van der Waals surface area (Å²) in [7, 11) is 0. The largest absolute Gasteiger partial charge is 0.459 e. The quantitative estimate of drug-likeness (QED) is 0.726. The van der Waals surface area contributed by atoms with Crippen LogP contribution in [-0.4, -0.2) is 15.4 Å². The van der Waals surface area contributed by atoms with Gasteiger partial charge in [-0.15, -0.1) is 0 Å². The first kappa shape index (κ1) is 11.3. The van der Waals surface area contributed by atoms with Gasteiger partial charge in [-0.25, -0.2) is 4.98 Å². The minimum atomic E-state index is -0.392. The molecular formula is C12H12N2O3. The smallest absolute Gasteiger partial charge is 0.303 e. The zero-order valence-electron chi connectivity index (χ0n) is 9.64. The van der Waals surface area contributed by atoms with E-state index in [1.807, 2.05) is 19.1 Å². The first-order chi connectivity index (χ1) is 8.08. The van der Waals surface area contributed by atoms with Crippen molar-refractivity contribution in [2.45, 2.75) is 20.5 Å². The van der Waals surface area contributed by atoms with Crippen molar-refractivity contribution in [3.63, 3.8) is 0 Å². The Morgan fingerprint density at radius 1 is 1.47 bits per heavy atom. The van der Waals surface area contributed by atoms with Crippen molar-refractivity contribution in [2.24, 2.45) is 0 Å². The van der Waals surface area contributed by atoms with E-state index in [9.17, 15) is 9.59 Å². The van der Waals surface area contributed by atoms with Crippen molar-refractivity contribution in [3.8, 4) is 0 Å². The second-order valence-corrected chi connectivity index (χ2v) is 3.73. The average molecular weight is 232 g/mol.